The Kier molecular flexibility index (Phi) is 5.01. The molecule has 0 aromatic heterocycles. The van der Waals surface area contributed by atoms with Crippen LogP contribution in [0.3, 0.4) is 0 Å². The maximum Gasteiger partial charge on any atom is 0.326 e. The van der Waals surface area contributed by atoms with Gasteiger partial charge >= 0.3 is 11.7 Å². The number of carboxylic acid groups (broad SMARTS) is 1. The van der Waals surface area contributed by atoms with E-state index in [2.05, 4.69) is 5.32 Å². The van der Waals surface area contributed by atoms with Crippen LogP contribution in [0.2, 0.25) is 0 Å². The molecule has 1 amide bonds. The van der Waals surface area contributed by atoms with Gasteiger partial charge in [0.25, 0.3) is 5.91 Å². The van der Waals surface area contributed by atoms with E-state index in [1.165, 1.54) is 25.3 Å². The largest absolute Gasteiger partial charge is 0.490 e. The lowest BCUT2D eigenvalue weighted by atomic mass is 10.1. The van der Waals surface area contributed by atoms with Crippen LogP contribution in [0, 0.1) is 10.1 Å². The van der Waals surface area contributed by atoms with Crippen molar-refractivity contribution in [2.75, 3.05) is 7.11 Å². The first-order valence-electron chi connectivity index (χ1n) is 5.77. The van der Waals surface area contributed by atoms with Crippen molar-refractivity contribution in [2.45, 2.75) is 19.4 Å². The normalized spacial score (nSPS) is 11.5. The van der Waals surface area contributed by atoms with E-state index in [9.17, 15) is 19.7 Å². The predicted molar refractivity (Wildman–Crippen MR) is 68.8 cm³/mol. The Morgan fingerprint density at radius 3 is 2.60 bits per heavy atom. The van der Waals surface area contributed by atoms with E-state index in [0.29, 0.717) is 0 Å². The number of aliphatic carboxylic acids is 1. The molecule has 8 heteroatoms. The van der Waals surface area contributed by atoms with Gasteiger partial charge in [-0.3, -0.25) is 14.9 Å². The van der Waals surface area contributed by atoms with Crippen molar-refractivity contribution in [3.8, 4) is 5.75 Å². The van der Waals surface area contributed by atoms with Crippen LogP contribution < -0.4 is 10.1 Å². The van der Waals surface area contributed by atoms with E-state index < -0.39 is 22.8 Å². The third-order valence-corrected chi connectivity index (χ3v) is 2.65. The first-order valence-corrected chi connectivity index (χ1v) is 5.77. The van der Waals surface area contributed by atoms with E-state index >= 15 is 0 Å². The van der Waals surface area contributed by atoms with Gasteiger partial charge in [0, 0.05) is 6.07 Å². The molecule has 1 aromatic carbocycles. The Hall–Kier alpha value is -2.64. The van der Waals surface area contributed by atoms with Crippen molar-refractivity contribution >= 4 is 17.6 Å². The number of ether oxygens (including phenoxy) is 1. The summed E-state index contributed by atoms with van der Waals surface area (Å²) >= 11 is 0. The van der Waals surface area contributed by atoms with Crippen LogP contribution >= 0.6 is 0 Å². The number of carbonyl (C=O) groups excluding carboxylic acids is 1. The van der Waals surface area contributed by atoms with E-state index in [4.69, 9.17) is 9.84 Å². The van der Waals surface area contributed by atoms with Crippen molar-refractivity contribution in [3.05, 3.63) is 33.9 Å². The van der Waals surface area contributed by atoms with Gasteiger partial charge in [0.1, 0.15) is 6.04 Å². The minimum atomic E-state index is -1.18. The molecular weight excluding hydrogens is 268 g/mol. The molecule has 108 valence electrons. The van der Waals surface area contributed by atoms with Gasteiger partial charge in [-0.05, 0) is 12.5 Å². The Bertz CT molecular complexity index is 543. The lowest BCUT2D eigenvalue weighted by Gasteiger charge is -2.13. The van der Waals surface area contributed by atoms with Crippen LogP contribution in [0.25, 0.3) is 0 Å². The summed E-state index contributed by atoms with van der Waals surface area (Å²) in [6.45, 7) is 1.60. The summed E-state index contributed by atoms with van der Waals surface area (Å²) in [5, 5.41) is 22.0. The zero-order chi connectivity index (χ0) is 15.3. The quantitative estimate of drug-likeness (QED) is 0.597. The highest BCUT2D eigenvalue weighted by molar-refractivity contribution is 6.00. The highest BCUT2D eigenvalue weighted by Crippen LogP contribution is 2.30. The topological polar surface area (TPSA) is 119 Å². The van der Waals surface area contributed by atoms with Crippen molar-refractivity contribution in [3.63, 3.8) is 0 Å². The molecule has 1 aromatic rings. The number of nitrogens with one attached hydrogen (secondary N) is 1. The SMILES string of the molecule is CCC(NC(=O)c1cccc([N+](=O)[O-])c1OC)C(=O)O. The molecule has 0 aliphatic carbocycles. The fourth-order valence-corrected chi connectivity index (χ4v) is 1.64. The molecule has 8 nitrogen and oxygen atoms in total. The zero-order valence-electron chi connectivity index (χ0n) is 11.0. The first-order chi connectivity index (χ1) is 9.42. The molecule has 2 N–H and O–H groups in total. The average molecular weight is 282 g/mol. The van der Waals surface area contributed by atoms with Gasteiger partial charge in [0.2, 0.25) is 5.75 Å². The number of amides is 1. The minimum absolute atomic E-state index is 0.0820. The second kappa shape index (κ2) is 6.50. The van der Waals surface area contributed by atoms with E-state index in [1.54, 1.807) is 6.92 Å². The number of nitro benzene ring substituents is 1. The van der Waals surface area contributed by atoms with Gasteiger partial charge in [-0.2, -0.15) is 0 Å². The molecule has 1 unspecified atom stereocenters. The van der Waals surface area contributed by atoms with Crippen LogP contribution in [0.5, 0.6) is 5.75 Å². The Balaban J connectivity index is 3.13. The van der Waals surface area contributed by atoms with Gasteiger partial charge in [-0.15, -0.1) is 0 Å². The monoisotopic (exact) mass is 282 g/mol. The fraction of sp³-hybridized carbons (Fsp3) is 0.333. The van der Waals surface area contributed by atoms with E-state index in [-0.39, 0.29) is 23.4 Å². The number of carbonyl (C=O) groups is 2. The molecular formula is C12H14N2O6. The van der Waals surface area contributed by atoms with Gasteiger partial charge in [0.05, 0.1) is 17.6 Å². The number of benzene rings is 1. The molecule has 0 fully saturated rings. The fourth-order valence-electron chi connectivity index (χ4n) is 1.64. The summed E-state index contributed by atoms with van der Waals surface area (Å²) in [6, 6.07) is 2.79. The molecule has 0 aliphatic heterocycles. The van der Waals surface area contributed by atoms with Crippen LogP contribution in [-0.4, -0.2) is 35.1 Å². The summed E-state index contributed by atoms with van der Waals surface area (Å²) in [6.07, 6.45) is 0.193. The maximum absolute atomic E-state index is 12.0. The molecule has 1 rings (SSSR count). The maximum atomic E-state index is 12.0. The number of rotatable bonds is 6. The van der Waals surface area contributed by atoms with E-state index in [1.807, 2.05) is 0 Å². The number of hydrogen-bond acceptors (Lipinski definition) is 5. The summed E-state index contributed by atoms with van der Waals surface area (Å²) < 4.78 is 4.88. The van der Waals surface area contributed by atoms with Crippen molar-refractivity contribution in [1.82, 2.24) is 5.32 Å². The number of methoxy groups -OCH3 is 1. The van der Waals surface area contributed by atoms with Crippen LogP contribution in [0.4, 0.5) is 5.69 Å². The van der Waals surface area contributed by atoms with Gasteiger partial charge in [0.15, 0.2) is 0 Å². The average Bonchev–Trinajstić information content (AvgIpc) is 2.42. The van der Waals surface area contributed by atoms with Crippen molar-refractivity contribution in [2.24, 2.45) is 0 Å². The standard InChI is InChI=1S/C12H14N2O6/c1-3-8(12(16)17)13-11(15)7-5-4-6-9(14(18)19)10(7)20-2/h4-6,8H,3H2,1-2H3,(H,13,15)(H,16,17). The third kappa shape index (κ3) is 3.22. The lowest BCUT2D eigenvalue weighted by molar-refractivity contribution is -0.385. The van der Waals surface area contributed by atoms with Crippen LogP contribution in [-0.2, 0) is 4.79 Å². The molecule has 0 heterocycles. The number of nitrogens with zero attached hydrogens (tertiary/aromatic N) is 1. The van der Waals surface area contributed by atoms with Gasteiger partial charge in [-0.25, -0.2) is 4.79 Å². The van der Waals surface area contributed by atoms with E-state index in [0.717, 1.165) is 0 Å². The highest BCUT2D eigenvalue weighted by atomic mass is 16.6. The summed E-state index contributed by atoms with van der Waals surface area (Å²) in [5.41, 5.74) is -0.440. The second-order valence-electron chi connectivity index (χ2n) is 3.89. The number of hydrogen-bond donors (Lipinski definition) is 2. The first kappa shape index (κ1) is 15.4. The van der Waals surface area contributed by atoms with Gasteiger partial charge < -0.3 is 15.2 Å². The Morgan fingerprint density at radius 2 is 2.15 bits per heavy atom. The third-order valence-electron chi connectivity index (χ3n) is 2.65. The summed E-state index contributed by atoms with van der Waals surface area (Å²) in [7, 11) is 1.20. The molecule has 0 spiro atoms. The van der Waals surface area contributed by atoms with Crippen LogP contribution in [0.1, 0.15) is 23.7 Å². The van der Waals surface area contributed by atoms with Crippen molar-refractivity contribution < 1.29 is 24.4 Å². The Morgan fingerprint density at radius 1 is 1.50 bits per heavy atom. The highest BCUT2D eigenvalue weighted by Gasteiger charge is 2.25. The molecule has 0 radical (unpaired) electrons. The molecule has 0 saturated heterocycles. The number of nitro groups is 1. The lowest BCUT2D eigenvalue weighted by Crippen LogP contribution is -2.40. The van der Waals surface area contributed by atoms with Crippen LogP contribution in [0.15, 0.2) is 18.2 Å². The van der Waals surface area contributed by atoms with Crippen molar-refractivity contribution in [1.29, 1.82) is 0 Å². The summed E-state index contributed by atoms with van der Waals surface area (Å²) in [5.74, 6) is -2.11. The number of carboxylic acids is 1. The molecule has 0 aliphatic rings. The molecule has 1 atom stereocenters. The minimum Gasteiger partial charge on any atom is -0.490 e. The molecule has 0 bridgehead atoms. The van der Waals surface area contributed by atoms with Gasteiger partial charge in [-0.1, -0.05) is 13.0 Å². The Labute approximate surface area is 114 Å². The number of para-hydroxylation sites is 1. The predicted octanol–water partition coefficient (Wildman–Crippen LogP) is 1.20. The summed E-state index contributed by atoms with van der Waals surface area (Å²) in [4.78, 5) is 33.0. The zero-order valence-corrected chi connectivity index (χ0v) is 11.0. The smallest absolute Gasteiger partial charge is 0.326 e. The molecule has 0 saturated carbocycles. The second-order valence-corrected chi connectivity index (χ2v) is 3.89. The molecule has 20 heavy (non-hydrogen) atoms.